The second kappa shape index (κ2) is 6.17. The third-order valence-corrected chi connectivity index (χ3v) is 4.18. The molecule has 0 aliphatic rings. The van der Waals surface area contributed by atoms with E-state index >= 15 is 0 Å². The zero-order valence-electron chi connectivity index (χ0n) is 12.1. The monoisotopic (exact) mass is 302 g/mol. The summed E-state index contributed by atoms with van der Waals surface area (Å²) in [5.74, 6) is 2.93. The quantitative estimate of drug-likeness (QED) is 0.684. The number of aryl methyl sites for hydroxylation is 2. The van der Waals surface area contributed by atoms with Gasteiger partial charge in [-0.1, -0.05) is 0 Å². The van der Waals surface area contributed by atoms with E-state index in [2.05, 4.69) is 32.3 Å². The molecule has 110 valence electrons. The second-order valence-corrected chi connectivity index (χ2v) is 5.94. The third kappa shape index (κ3) is 3.18. The van der Waals surface area contributed by atoms with Crippen LogP contribution in [-0.2, 0) is 5.75 Å². The molecule has 6 nitrogen and oxygen atoms in total. The van der Waals surface area contributed by atoms with Crippen LogP contribution in [0.15, 0.2) is 24.7 Å². The molecule has 2 N–H and O–H groups in total. The molecular formula is C14H18N6S. The summed E-state index contributed by atoms with van der Waals surface area (Å²) in [7, 11) is 0. The van der Waals surface area contributed by atoms with Crippen LogP contribution in [0.3, 0.4) is 0 Å². The van der Waals surface area contributed by atoms with Crippen LogP contribution < -0.4 is 5.32 Å². The average molecular weight is 302 g/mol. The van der Waals surface area contributed by atoms with E-state index in [1.807, 2.05) is 35.3 Å². The van der Waals surface area contributed by atoms with Crippen molar-refractivity contribution in [2.45, 2.75) is 19.6 Å². The van der Waals surface area contributed by atoms with E-state index in [-0.39, 0.29) is 0 Å². The molecule has 0 bridgehead atoms. The van der Waals surface area contributed by atoms with E-state index in [0.29, 0.717) is 0 Å². The number of thioether (sulfide) groups is 1. The lowest BCUT2D eigenvalue weighted by molar-refractivity contribution is 0.924. The fourth-order valence-electron chi connectivity index (χ4n) is 2.12. The number of aromatic amines is 1. The Bertz CT molecular complexity index is 732. The second-order valence-electron chi connectivity index (χ2n) is 4.84. The van der Waals surface area contributed by atoms with Crippen molar-refractivity contribution < 1.29 is 0 Å². The van der Waals surface area contributed by atoms with Crippen molar-refractivity contribution in [3.8, 4) is 0 Å². The lowest BCUT2D eigenvalue weighted by atomic mass is 10.4. The number of fused-ring (bicyclic) bond motifs is 1. The predicted molar refractivity (Wildman–Crippen MR) is 85.7 cm³/mol. The summed E-state index contributed by atoms with van der Waals surface area (Å²) in [5.41, 5.74) is 4.15. The van der Waals surface area contributed by atoms with Crippen LogP contribution in [0.5, 0.6) is 0 Å². The van der Waals surface area contributed by atoms with Crippen molar-refractivity contribution in [3.05, 3.63) is 41.7 Å². The molecule has 21 heavy (non-hydrogen) atoms. The summed E-state index contributed by atoms with van der Waals surface area (Å²) in [5, 5.41) is 7.70. The Morgan fingerprint density at radius 3 is 3.10 bits per heavy atom. The normalized spacial score (nSPS) is 11.1. The van der Waals surface area contributed by atoms with Crippen LogP contribution >= 0.6 is 11.8 Å². The van der Waals surface area contributed by atoms with Crippen molar-refractivity contribution >= 4 is 23.2 Å². The highest BCUT2D eigenvalue weighted by Gasteiger charge is 2.04. The lowest BCUT2D eigenvalue weighted by Crippen LogP contribution is -2.09. The summed E-state index contributed by atoms with van der Waals surface area (Å²) in [6.45, 7) is 4.93. The first-order valence-electron chi connectivity index (χ1n) is 6.86. The van der Waals surface area contributed by atoms with Crippen LogP contribution in [0.1, 0.15) is 17.1 Å². The van der Waals surface area contributed by atoms with Gasteiger partial charge in [0.2, 0.25) is 0 Å². The minimum absolute atomic E-state index is 0.873. The number of imidazole rings is 1. The molecule has 3 rings (SSSR count). The number of nitrogens with one attached hydrogen (secondary N) is 2. The highest BCUT2D eigenvalue weighted by Crippen LogP contribution is 2.14. The highest BCUT2D eigenvalue weighted by molar-refractivity contribution is 7.98. The first kappa shape index (κ1) is 13.9. The van der Waals surface area contributed by atoms with Gasteiger partial charge < -0.3 is 10.3 Å². The van der Waals surface area contributed by atoms with Gasteiger partial charge in [0, 0.05) is 41.6 Å². The van der Waals surface area contributed by atoms with Gasteiger partial charge in [-0.2, -0.15) is 21.4 Å². The Morgan fingerprint density at radius 1 is 1.38 bits per heavy atom. The van der Waals surface area contributed by atoms with Gasteiger partial charge in [-0.05, 0) is 13.8 Å². The molecule has 0 amide bonds. The van der Waals surface area contributed by atoms with Gasteiger partial charge in [0.1, 0.15) is 5.82 Å². The van der Waals surface area contributed by atoms with Gasteiger partial charge in [0.05, 0.1) is 18.2 Å². The Balaban J connectivity index is 1.53. The number of H-pyrrole nitrogens is 1. The van der Waals surface area contributed by atoms with Gasteiger partial charge in [-0.3, -0.25) is 0 Å². The average Bonchev–Trinajstić information content (AvgIpc) is 3.07. The van der Waals surface area contributed by atoms with Gasteiger partial charge in [0.15, 0.2) is 5.65 Å². The summed E-state index contributed by atoms with van der Waals surface area (Å²) >= 11 is 1.87. The Kier molecular flexibility index (Phi) is 4.10. The number of hydrogen-bond acceptors (Lipinski definition) is 5. The van der Waals surface area contributed by atoms with Gasteiger partial charge >= 0.3 is 0 Å². The zero-order chi connectivity index (χ0) is 14.7. The maximum Gasteiger partial charge on any atom is 0.157 e. The molecule has 0 aliphatic carbocycles. The van der Waals surface area contributed by atoms with Gasteiger partial charge in [-0.15, -0.1) is 0 Å². The number of anilines is 1. The van der Waals surface area contributed by atoms with Gasteiger partial charge in [0.25, 0.3) is 0 Å². The summed E-state index contributed by atoms with van der Waals surface area (Å²) in [6.07, 6.45) is 3.51. The van der Waals surface area contributed by atoms with Crippen molar-refractivity contribution in [1.29, 1.82) is 0 Å². The molecular weight excluding hydrogens is 284 g/mol. The Labute approximate surface area is 127 Å². The molecule has 0 fully saturated rings. The molecule has 0 aromatic carbocycles. The first-order valence-corrected chi connectivity index (χ1v) is 8.01. The largest absolute Gasteiger partial charge is 0.369 e. The molecule has 7 heteroatoms. The standard InChI is InChI=1S/C14H18N6S/c1-10-7-14(20-13(19-10)3-4-18-20)15-5-6-21-8-12-11(2)16-9-17-12/h3-4,7,9,15H,5-6,8H2,1-2H3,(H,16,17). The van der Waals surface area contributed by atoms with Crippen LogP contribution in [0.25, 0.3) is 5.65 Å². The number of rotatable bonds is 6. The van der Waals surface area contributed by atoms with Crippen LogP contribution in [-0.4, -0.2) is 36.9 Å². The maximum atomic E-state index is 4.43. The smallest absolute Gasteiger partial charge is 0.157 e. The molecule has 0 radical (unpaired) electrons. The van der Waals surface area contributed by atoms with E-state index in [9.17, 15) is 0 Å². The third-order valence-electron chi connectivity index (χ3n) is 3.21. The molecule has 3 aromatic rings. The summed E-state index contributed by atoms with van der Waals surface area (Å²) in [6, 6.07) is 3.93. The Morgan fingerprint density at radius 2 is 2.29 bits per heavy atom. The first-order chi connectivity index (χ1) is 10.2. The van der Waals surface area contributed by atoms with E-state index in [0.717, 1.165) is 46.6 Å². The number of nitrogens with zero attached hydrogens (tertiary/aromatic N) is 4. The van der Waals surface area contributed by atoms with Crippen LogP contribution in [0.2, 0.25) is 0 Å². The molecule has 0 atom stereocenters. The zero-order valence-corrected chi connectivity index (χ0v) is 12.9. The molecule has 3 aromatic heterocycles. The molecule has 0 saturated carbocycles. The molecule has 0 saturated heterocycles. The topological polar surface area (TPSA) is 70.9 Å². The van der Waals surface area contributed by atoms with E-state index in [1.54, 1.807) is 12.5 Å². The van der Waals surface area contributed by atoms with Crippen LogP contribution in [0.4, 0.5) is 5.82 Å². The fraction of sp³-hybridized carbons (Fsp3) is 0.357. The van der Waals surface area contributed by atoms with E-state index < -0.39 is 0 Å². The van der Waals surface area contributed by atoms with E-state index in [4.69, 9.17) is 0 Å². The van der Waals surface area contributed by atoms with Crippen molar-refractivity contribution in [2.75, 3.05) is 17.6 Å². The fourth-order valence-corrected chi connectivity index (χ4v) is 2.99. The SMILES string of the molecule is Cc1cc(NCCSCc2nc[nH]c2C)n2nccc2n1. The van der Waals surface area contributed by atoms with E-state index in [1.165, 1.54) is 0 Å². The van der Waals surface area contributed by atoms with Crippen LogP contribution in [0, 0.1) is 13.8 Å². The van der Waals surface area contributed by atoms with Gasteiger partial charge in [-0.25, -0.2) is 9.97 Å². The maximum absolute atomic E-state index is 4.43. The molecule has 3 heterocycles. The number of hydrogen-bond donors (Lipinski definition) is 2. The molecule has 0 aliphatic heterocycles. The highest BCUT2D eigenvalue weighted by atomic mass is 32.2. The van der Waals surface area contributed by atoms with Crippen molar-refractivity contribution in [2.24, 2.45) is 0 Å². The lowest BCUT2D eigenvalue weighted by Gasteiger charge is -2.09. The minimum atomic E-state index is 0.873. The molecule has 0 spiro atoms. The molecule has 0 unspecified atom stereocenters. The number of aromatic nitrogens is 5. The van der Waals surface area contributed by atoms with Crippen molar-refractivity contribution in [1.82, 2.24) is 24.6 Å². The summed E-state index contributed by atoms with van der Waals surface area (Å²) < 4.78 is 1.83. The van der Waals surface area contributed by atoms with Crippen molar-refractivity contribution in [3.63, 3.8) is 0 Å². The summed E-state index contributed by atoms with van der Waals surface area (Å²) in [4.78, 5) is 11.8. The predicted octanol–water partition coefficient (Wildman–Crippen LogP) is 2.41. The minimum Gasteiger partial charge on any atom is -0.369 e. The Hall–Kier alpha value is -2.02.